The van der Waals surface area contributed by atoms with Crippen molar-refractivity contribution in [3.63, 3.8) is 0 Å². The maximum absolute atomic E-state index is 4.22. The summed E-state index contributed by atoms with van der Waals surface area (Å²) in [5.41, 5.74) is 20.0. The molecular formula is C64H56. The average molecular weight is 825 g/mol. The molecule has 1 atom stereocenters. The van der Waals surface area contributed by atoms with Gasteiger partial charge in [0.05, 0.1) is 5.41 Å². The van der Waals surface area contributed by atoms with Gasteiger partial charge in [0.15, 0.2) is 0 Å². The molecule has 9 rings (SSSR count). The topological polar surface area (TPSA) is 0 Å². The van der Waals surface area contributed by atoms with Crippen LogP contribution in [0.15, 0.2) is 250 Å². The van der Waals surface area contributed by atoms with Crippen LogP contribution in [0.5, 0.6) is 0 Å². The SMILES string of the molecule is C.C=C/C=C\C(=C/C)c1cc(/C(C=C)=C/C=C\C)cc(-c2cccc(C3(c4cccc(-c5cc(-c6ccccc6)cc(C6C=CC=CC6)c5)c4)c4ccccc4-c4ccccc43)c2)c1. The molecule has 2 aliphatic rings. The van der Waals surface area contributed by atoms with E-state index in [0.717, 1.165) is 39.8 Å². The third-order valence-corrected chi connectivity index (χ3v) is 12.7. The normalized spacial score (nSPS) is 15.2. The molecule has 0 N–H and O–H groups in total. The lowest BCUT2D eigenvalue weighted by molar-refractivity contribution is 0.769. The van der Waals surface area contributed by atoms with E-state index in [1.165, 1.54) is 61.2 Å². The van der Waals surface area contributed by atoms with E-state index in [2.05, 4.69) is 239 Å². The molecule has 0 amide bonds. The molecule has 2 aliphatic carbocycles. The summed E-state index contributed by atoms with van der Waals surface area (Å²) in [7, 11) is 0. The Morgan fingerprint density at radius 2 is 1.12 bits per heavy atom. The highest BCUT2D eigenvalue weighted by atomic mass is 14.5. The van der Waals surface area contributed by atoms with Crippen LogP contribution in [0.1, 0.15) is 72.6 Å². The van der Waals surface area contributed by atoms with Gasteiger partial charge in [0.25, 0.3) is 0 Å². The van der Waals surface area contributed by atoms with Crippen LogP contribution in [0, 0.1) is 0 Å². The Morgan fingerprint density at radius 1 is 0.547 bits per heavy atom. The van der Waals surface area contributed by atoms with Crippen molar-refractivity contribution in [2.45, 2.75) is 39.0 Å². The lowest BCUT2D eigenvalue weighted by Crippen LogP contribution is -2.28. The van der Waals surface area contributed by atoms with Gasteiger partial charge < -0.3 is 0 Å². The van der Waals surface area contributed by atoms with E-state index in [-0.39, 0.29) is 7.43 Å². The summed E-state index contributed by atoms with van der Waals surface area (Å²) < 4.78 is 0. The molecule has 0 radical (unpaired) electrons. The molecule has 0 heteroatoms. The Labute approximate surface area is 381 Å². The third kappa shape index (κ3) is 8.12. The van der Waals surface area contributed by atoms with Crippen molar-refractivity contribution in [2.24, 2.45) is 0 Å². The highest BCUT2D eigenvalue weighted by molar-refractivity contribution is 5.89. The zero-order valence-corrected chi connectivity index (χ0v) is 36.2. The van der Waals surface area contributed by atoms with Crippen molar-refractivity contribution >= 4 is 11.1 Å². The molecule has 0 saturated carbocycles. The predicted octanol–water partition coefficient (Wildman–Crippen LogP) is 17.6. The summed E-state index contributed by atoms with van der Waals surface area (Å²) in [6.45, 7) is 12.3. The first kappa shape index (κ1) is 43.1. The zero-order valence-electron chi connectivity index (χ0n) is 36.2. The van der Waals surface area contributed by atoms with E-state index >= 15 is 0 Å². The van der Waals surface area contributed by atoms with Gasteiger partial charge in [0.1, 0.15) is 0 Å². The largest absolute Gasteiger partial charge is 0.0991 e. The van der Waals surface area contributed by atoms with Gasteiger partial charge >= 0.3 is 0 Å². The lowest BCUT2D eigenvalue weighted by Gasteiger charge is -2.34. The van der Waals surface area contributed by atoms with E-state index in [4.69, 9.17) is 0 Å². The van der Waals surface area contributed by atoms with E-state index in [1.54, 1.807) is 0 Å². The van der Waals surface area contributed by atoms with Crippen LogP contribution in [0.2, 0.25) is 0 Å². The van der Waals surface area contributed by atoms with Gasteiger partial charge in [-0.05, 0) is 151 Å². The second-order valence-corrected chi connectivity index (χ2v) is 16.4. The smallest absolute Gasteiger partial charge is 0.0713 e. The average Bonchev–Trinajstić information content (AvgIpc) is 3.66. The van der Waals surface area contributed by atoms with Gasteiger partial charge in [-0.1, -0.05) is 221 Å². The van der Waals surface area contributed by atoms with Crippen molar-refractivity contribution in [3.05, 3.63) is 289 Å². The molecule has 0 fully saturated rings. The maximum Gasteiger partial charge on any atom is 0.0713 e. The van der Waals surface area contributed by atoms with Crippen LogP contribution in [-0.2, 0) is 5.41 Å². The second-order valence-electron chi connectivity index (χ2n) is 16.4. The second kappa shape index (κ2) is 19.2. The summed E-state index contributed by atoms with van der Waals surface area (Å²) >= 11 is 0. The minimum absolute atomic E-state index is 0. The Morgan fingerprint density at radius 3 is 1.70 bits per heavy atom. The number of hydrogen-bond acceptors (Lipinski definition) is 0. The molecule has 1 unspecified atom stereocenters. The van der Waals surface area contributed by atoms with Gasteiger partial charge in [-0.15, -0.1) is 0 Å². The molecule has 0 heterocycles. The van der Waals surface area contributed by atoms with Crippen LogP contribution < -0.4 is 0 Å². The minimum atomic E-state index is -0.588. The number of hydrogen-bond donors (Lipinski definition) is 0. The molecule has 0 aliphatic heterocycles. The van der Waals surface area contributed by atoms with Gasteiger partial charge in [-0.25, -0.2) is 0 Å². The van der Waals surface area contributed by atoms with E-state index < -0.39 is 5.41 Å². The zero-order chi connectivity index (χ0) is 43.2. The van der Waals surface area contributed by atoms with Crippen LogP contribution >= 0.6 is 0 Å². The van der Waals surface area contributed by atoms with Gasteiger partial charge in [-0.2, -0.15) is 0 Å². The summed E-state index contributed by atoms with van der Waals surface area (Å²) in [5.74, 6) is 0.324. The lowest BCUT2D eigenvalue weighted by atomic mass is 9.67. The summed E-state index contributed by atoms with van der Waals surface area (Å²) in [4.78, 5) is 0. The molecular weight excluding hydrogens is 769 g/mol. The highest BCUT2D eigenvalue weighted by Crippen LogP contribution is 2.56. The first-order valence-electron chi connectivity index (χ1n) is 22.1. The number of fused-ring (bicyclic) bond motifs is 3. The fourth-order valence-electron chi connectivity index (χ4n) is 9.69. The molecule has 0 aromatic heterocycles. The van der Waals surface area contributed by atoms with E-state index in [9.17, 15) is 0 Å². The van der Waals surface area contributed by atoms with Crippen LogP contribution in [0.4, 0.5) is 0 Å². The monoisotopic (exact) mass is 824 g/mol. The van der Waals surface area contributed by atoms with Crippen molar-refractivity contribution in [1.29, 1.82) is 0 Å². The molecule has 0 saturated heterocycles. The maximum atomic E-state index is 4.22. The highest BCUT2D eigenvalue weighted by Gasteiger charge is 2.46. The van der Waals surface area contributed by atoms with Crippen LogP contribution in [-0.4, -0.2) is 0 Å². The summed E-state index contributed by atoms with van der Waals surface area (Å²) in [6, 6.07) is 61.5. The molecule has 0 spiro atoms. The van der Waals surface area contributed by atoms with Crippen molar-refractivity contribution < 1.29 is 0 Å². The molecule has 7 aromatic rings. The summed E-state index contributed by atoms with van der Waals surface area (Å²) in [5, 5.41) is 0. The molecule has 7 aromatic carbocycles. The van der Waals surface area contributed by atoms with E-state index in [1.807, 2.05) is 25.2 Å². The predicted molar refractivity (Wildman–Crippen MR) is 278 cm³/mol. The Hall–Kier alpha value is -7.54. The number of allylic oxidation sites excluding steroid dienone is 14. The minimum Gasteiger partial charge on any atom is -0.0991 e. The van der Waals surface area contributed by atoms with Gasteiger partial charge in [0.2, 0.25) is 0 Å². The first-order chi connectivity index (χ1) is 31.0. The molecule has 312 valence electrons. The molecule has 0 bridgehead atoms. The van der Waals surface area contributed by atoms with Crippen molar-refractivity contribution in [3.8, 4) is 44.5 Å². The standard InChI is InChI=1S/C63H52.CH4/c1-5-9-23-45(7-3)51-37-52(46(8-4)24-10-6-2)39-55(38-51)49-29-21-31-57(43-49)63(61-35-19-17-33-59(61)60-34-18-20-36-62(60)63)58-32-22-30-50(44-58)56-41-53(47-25-13-11-14-26-47)40-54(42-56)48-27-15-12-16-28-48;/h5-27,29-44,48H,1,4,28H2,2-3H3;1H4/b10-6-,23-9-,45-7+,46-24+;. The van der Waals surface area contributed by atoms with E-state index in [0.29, 0.717) is 5.92 Å². The van der Waals surface area contributed by atoms with Crippen molar-refractivity contribution in [2.75, 3.05) is 0 Å². The Balaban J connectivity index is 0.00000560. The summed E-state index contributed by atoms with van der Waals surface area (Å²) in [6.07, 6.45) is 26.3. The van der Waals surface area contributed by atoms with Crippen molar-refractivity contribution in [1.82, 2.24) is 0 Å². The Kier molecular flexibility index (Phi) is 13.0. The van der Waals surface area contributed by atoms with Gasteiger partial charge in [-0.3, -0.25) is 0 Å². The van der Waals surface area contributed by atoms with Crippen LogP contribution in [0.25, 0.3) is 55.7 Å². The fourth-order valence-corrected chi connectivity index (χ4v) is 9.69. The Bertz CT molecular complexity index is 2980. The third-order valence-electron chi connectivity index (χ3n) is 12.7. The van der Waals surface area contributed by atoms with Gasteiger partial charge in [0, 0.05) is 5.92 Å². The fraction of sp³-hybridized carbons (Fsp3) is 0.0938. The number of benzene rings is 7. The number of rotatable bonds is 12. The molecule has 64 heavy (non-hydrogen) atoms. The van der Waals surface area contributed by atoms with Crippen LogP contribution in [0.3, 0.4) is 0 Å². The quantitative estimate of drug-likeness (QED) is 0.108. The first-order valence-corrected chi connectivity index (χ1v) is 22.1. The molecule has 0 nitrogen and oxygen atoms in total.